The molecule has 0 fully saturated rings. The van der Waals surface area contributed by atoms with E-state index in [4.69, 9.17) is 39.5 Å². The van der Waals surface area contributed by atoms with Crippen molar-refractivity contribution in [2.75, 3.05) is 0 Å². The zero-order valence-corrected chi connectivity index (χ0v) is 16.7. The van der Waals surface area contributed by atoms with E-state index in [2.05, 4.69) is 5.10 Å². The lowest BCUT2D eigenvalue weighted by Crippen LogP contribution is -2.58. The van der Waals surface area contributed by atoms with E-state index >= 15 is 0 Å². The van der Waals surface area contributed by atoms with Gasteiger partial charge in [0.15, 0.2) is 0 Å². The Morgan fingerprint density at radius 2 is 1.57 bits per heavy atom. The summed E-state index contributed by atoms with van der Waals surface area (Å²) in [5.41, 5.74) is 1.04. The van der Waals surface area contributed by atoms with Gasteiger partial charge in [-0.05, 0) is 35.9 Å². The Hall–Kier alpha value is -1.91. The van der Waals surface area contributed by atoms with Crippen molar-refractivity contribution in [3.63, 3.8) is 0 Å². The van der Waals surface area contributed by atoms with Crippen LogP contribution in [0.25, 0.3) is 0 Å². The van der Waals surface area contributed by atoms with E-state index in [0.29, 0.717) is 22.2 Å². The Bertz CT molecular complexity index is 936. The molecule has 0 aromatic heterocycles. The van der Waals surface area contributed by atoms with Crippen molar-refractivity contribution in [2.24, 2.45) is 5.10 Å². The average Bonchev–Trinajstić information content (AvgIpc) is 2.62. The molecule has 0 spiro atoms. The lowest BCUT2D eigenvalue weighted by atomic mass is 10.2. The van der Waals surface area contributed by atoms with Crippen LogP contribution in [0.2, 0.25) is 15.1 Å². The highest BCUT2D eigenvalue weighted by Gasteiger charge is 2.73. The zero-order valence-electron chi connectivity index (χ0n) is 14.4. The van der Waals surface area contributed by atoms with Crippen molar-refractivity contribution in [3.05, 3.63) is 62.6 Å². The van der Waals surface area contributed by atoms with E-state index in [0.717, 1.165) is 0 Å². The number of ether oxygens (including phenoxy) is 1. The van der Waals surface area contributed by atoms with Crippen LogP contribution in [0.3, 0.4) is 0 Å². The second-order valence-corrected chi connectivity index (χ2v) is 6.99. The van der Waals surface area contributed by atoms with Gasteiger partial charge in [-0.3, -0.25) is 0 Å². The number of alkyl halides is 7. The summed E-state index contributed by atoms with van der Waals surface area (Å²) in [6.07, 6.45) is -5.92. The predicted octanol–water partition coefficient (Wildman–Crippen LogP) is 6.94. The molecule has 0 aliphatic rings. The number of nitrogens with one attached hydrogen (secondary N) is 1. The number of hydrogen-bond donors (Lipinski definition) is 1. The first-order chi connectivity index (χ1) is 13.7. The Labute approximate surface area is 180 Å². The molecule has 0 aliphatic heterocycles. The number of hydrogen-bond acceptors (Lipinski definition) is 3. The van der Waals surface area contributed by atoms with Crippen LogP contribution >= 0.6 is 34.8 Å². The summed E-state index contributed by atoms with van der Waals surface area (Å²) in [5.74, 6) is -6.32. The van der Waals surface area contributed by atoms with Crippen LogP contribution in [0, 0.1) is 0 Å². The Balaban J connectivity index is 2.17. The van der Waals surface area contributed by atoms with Gasteiger partial charge in [0, 0.05) is 10.6 Å². The molecular weight excluding hydrogens is 488 g/mol. The van der Waals surface area contributed by atoms with Crippen LogP contribution in [0.1, 0.15) is 11.1 Å². The Morgan fingerprint density at radius 3 is 2.17 bits per heavy atom. The first kappa shape index (κ1) is 24.4. The van der Waals surface area contributed by atoms with Crippen LogP contribution in [-0.4, -0.2) is 24.4 Å². The number of rotatable bonds is 7. The standard InChI is InChI=1S/C17H10Cl3F7N2O/c18-11-2-4-14(30-8-9-1-3-12(19)13(20)5-9)10(6-11)7-28-29-17(26,27)15(21,22)16(23,24)25/h1-7,29H,8H2/b28-7-. The van der Waals surface area contributed by atoms with Gasteiger partial charge in [-0.25, -0.2) is 5.43 Å². The van der Waals surface area contributed by atoms with E-state index in [1.165, 1.54) is 30.3 Å². The van der Waals surface area contributed by atoms with Gasteiger partial charge in [0.25, 0.3) is 0 Å². The van der Waals surface area contributed by atoms with Gasteiger partial charge < -0.3 is 4.74 Å². The van der Waals surface area contributed by atoms with Crippen molar-refractivity contribution in [2.45, 2.75) is 24.8 Å². The highest BCUT2D eigenvalue weighted by molar-refractivity contribution is 6.42. The van der Waals surface area contributed by atoms with Crippen LogP contribution < -0.4 is 10.2 Å². The number of nitrogens with zero attached hydrogens (tertiary/aromatic N) is 1. The molecule has 0 aliphatic carbocycles. The van der Waals surface area contributed by atoms with Crippen molar-refractivity contribution < 1.29 is 35.5 Å². The van der Waals surface area contributed by atoms with E-state index in [-0.39, 0.29) is 28.0 Å². The third kappa shape index (κ3) is 5.61. The van der Waals surface area contributed by atoms with Crippen LogP contribution in [0.15, 0.2) is 41.5 Å². The van der Waals surface area contributed by atoms with Gasteiger partial charge in [0.1, 0.15) is 12.4 Å². The molecule has 30 heavy (non-hydrogen) atoms. The second kappa shape index (κ2) is 9.07. The van der Waals surface area contributed by atoms with E-state index in [1.54, 1.807) is 6.07 Å². The summed E-state index contributed by atoms with van der Waals surface area (Å²) in [6.45, 7) is -0.0604. The molecule has 2 aromatic rings. The van der Waals surface area contributed by atoms with Crippen LogP contribution in [-0.2, 0) is 6.61 Å². The van der Waals surface area contributed by atoms with Gasteiger partial charge in [-0.15, -0.1) is 0 Å². The number of hydrazone groups is 1. The summed E-state index contributed by atoms with van der Waals surface area (Å²) in [4.78, 5) is 0. The molecule has 0 saturated heterocycles. The molecule has 2 aromatic carbocycles. The fourth-order valence-corrected chi connectivity index (χ4v) is 2.47. The smallest absolute Gasteiger partial charge is 0.462 e. The maximum atomic E-state index is 13.2. The predicted molar refractivity (Wildman–Crippen MR) is 98.9 cm³/mol. The van der Waals surface area contributed by atoms with Gasteiger partial charge in [-0.1, -0.05) is 40.9 Å². The first-order valence-corrected chi connectivity index (χ1v) is 8.87. The molecule has 0 amide bonds. The number of benzene rings is 2. The lowest BCUT2D eigenvalue weighted by molar-refractivity contribution is -0.361. The van der Waals surface area contributed by atoms with Gasteiger partial charge in [0.2, 0.25) is 0 Å². The molecule has 0 heterocycles. The minimum Gasteiger partial charge on any atom is -0.488 e. The SMILES string of the molecule is FC(F)(F)C(F)(F)C(F)(F)N/N=C\c1cc(Cl)ccc1OCc1ccc(Cl)c(Cl)c1. The third-order valence-corrected chi connectivity index (χ3v) is 4.48. The summed E-state index contributed by atoms with van der Waals surface area (Å²) in [6, 6.07) is 2.80. The number of halogens is 10. The Kier molecular flexibility index (Phi) is 7.36. The summed E-state index contributed by atoms with van der Waals surface area (Å²) in [7, 11) is 0. The van der Waals surface area contributed by atoms with Crippen LogP contribution in [0.4, 0.5) is 30.7 Å². The molecule has 164 valence electrons. The molecule has 0 radical (unpaired) electrons. The van der Waals surface area contributed by atoms with Crippen molar-refractivity contribution >= 4 is 41.0 Å². The highest BCUT2D eigenvalue weighted by Crippen LogP contribution is 2.45. The lowest BCUT2D eigenvalue weighted by Gasteiger charge is -2.27. The molecule has 0 atom stereocenters. The molecule has 2 rings (SSSR count). The first-order valence-electron chi connectivity index (χ1n) is 7.73. The largest absolute Gasteiger partial charge is 0.488 e. The van der Waals surface area contributed by atoms with E-state index < -0.39 is 18.1 Å². The molecule has 3 nitrogen and oxygen atoms in total. The van der Waals surface area contributed by atoms with Gasteiger partial charge in [0.05, 0.1) is 16.3 Å². The fourth-order valence-electron chi connectivity index (χ4n) is 1.97. The topological polar surface area (TPSA) is 33.6 Å². The van der Waals surface area contributed by atoms with Crippen molar-refractivity contribution in [3.8, 4) is 5.75 Å². The summed E-state index contributed by atoms with van der Waals surface area (Å²) in [5, 5.41) is 3.46. The van der Waals surface area contributed by atoms with E-state index in [9.17, 15) is 30.7 Å². The van der Waals surface area contributed by atoms with Crippen LogP contribution in [0.5, 0.6) is 5.75 Å². The fraction of sp³-hybridized carbons (Fsp3) is 0.235. The highest BCUT2D eigenvalue weighted by atomic mass is 35.5. The monoisotopic (exact) mass is 496 g/mol. The maximum absolute atomic E-state index is 13.2. The van der Waals surface area contributed by atoms with Crippen molar-refractivity contribution in [1.82, 2.24) is 5.43 Å². The quantitative estimate of drug-likeness (QED) is 0.195. The summed E-state index contributed by atoms with van der Waals surface area (Å²) >= 11 is 17.5. The second-order valence-electron chi connectivity index (χ2n) is 5.74. The average molecular weight is 498 g/mol. The molecule has 1 N–H and O–H groups in total. The zero-order chi connectivity index (χ0) is 22.7. The molecular formula is C17H10Cl3F7N2O. The minimum atomic E-state index is -6.48. The van der Waals surface area contributed by atoms with Crippen molar-refractivity contribution in [1.29, 1.82) is 0 Å². The molecule has 0 saturated carbocycles. The Morgan fingerprint density at radius 1 is 0.900 bits per heavy atom. The van der Waals surface area contributed by atoms with E-state index in [1.807, 2.05) is 0 Å². The minimum absolute atomic E-state index is 0.0296. The van der Waals surface area contributed by atoms with Gasteiger partial charge in [-0.2, -0.15) is 35.8 Å². The third-order valence-electron chi connectivity index (χ3n) is 3.51. The molecule has 0 unspecified atom stereocenters. The molecule has 13 heteroatoms. The molecule has 0 bridgehead atoms. The summed E-state index contributed by atoms with van der Waals surface area (Å²) < 4.78 is 94.1. The normalized spacial score (nSPS) is 13.0. The maximum Gasteiger partial charge on any atom is 0.462 e. The van der Waals surface area contributed by atoms with Gasteiger partial charge >= 0.3 is 18.1 Å².